The second-order valence-electron chi connectivity index (χ2n) is 8.01. The van der Waals surface area contributed by atoms with Crippen molar-refractivity contribution in [3.05, 3.63) is 53.2 Å². The van der Waals surface area contributed by atoms with Crippen molar-refractivity contribution in [1.29, 1.82) is 0 Å². The van der Waals surface area contributed by atoms with Gasteiger partial charge in [-0.05, 0) is 26.0 Å². The van der Waals surface area contributed by atoms with Crippen LogP contribution in [0, 0.1) is 12.7 Å². The number of aliphatic hydroxyl groups excluding tert-OH is 1. The Kier molecular flexibility index (Phi) is 6.11. The predicted molar refractivity (Wildman–Crippen MR) is 118 cm³/mol. The van der Waals surface area contributed by atoms with Crippen LogP contribution in [0.3, 0.4) is 0 Å². The van der Waals surface area contributed by atoms with E-state index in [9.17, 15) is 13.9 Å². The van der Waals surface area contributed by atoms with Crippen LogP contribution in [0.1, 0.15) is 30.1 Å². The first kappa shape index (κ1) is 22.6. The molecule has 1 unspecified atom stereocenters. The van der Waals surface area contributed by atoms with Crippen molar-refractivity contribution in [2.45, 2.75) is 31.7 Å². The third kappa shape index (κ3) is 4.19. The fourth-order valence-corrected chi connectivity index (χ4v) is 4.25. The van der Waals surface area contributed by atoms with Crippen molar-refractivity contribution in [2.24, 2.45) is 0 Å². The molecule has 1 saturated heterocycles. The summed E-state index contributed by atoms with van der Waals surface area (Å²) in [6, 6.07) is 1.31. The van der Waals surface area contributed by atoms with Crippen molar-refractivity contribution in [3.8, 4) is 17.0 Å². The molecular formula is C21H21ClF2N8O2. The van der Waals surface area contributed by atoms with Gasteiger partial charge in [0.1, 0.15) is 35.8 Å². The highest BCUT2D eigenvalue weighted by Gasteiger charge is 2.29. The summed E-state index contributed by atoms with van der Waals surface area (Å²) in [5, 5.41) is 26.5. The zero-order valence-electron chi connectivity index (χ0n) is 18.1. The van der Waals surface area contributed by atoms with Crippen molar-refractivity contribution in [1.82, 2.24) is 39.9 Å². The Morgan fingerprint density at radius 2 is 2.12 bits per heavy atom. The summed E-state index contributed by atoms with van der Waals surface area (Å²) in [6.45, 7) is 2.60. The van der Waals surface area contributed by atoms with E-state index in [1.54, 1.807) is 16.9 Å². The van der Waals surface area contributed by atoms with Gasteiger partial charge in [0.2, 0.25) is 0 Å². The van der Waals surface area contributed by atoms with Crippen LogP contribution in [0.5, 0.6) is 5.75 Å². The molecule has 2 N–H and O–H groups in total. The first-order valence-electron chi connectivity index (χ1n) is 10.6. The maximum absolute atomic E-state index is 14.5. The standard InChI is InChI=1S/C21H21ClF2N8O2/c1-11-19(29-30-32(11)16-2-3-25-8-15(16)24)12-4-18(20-14(22)7-28-31(20)9-12)34-10-17(33)21-26-5-13(23)6-27-21/h4-7,9,15-17,25,33H,2-3,8,10H2,1H3/t15-,16+,17?/m0/s1. The fourth-order valence-electron chi connectivity index (χ4n) is 4.03. The normalized spacial score (nSPS) is 19.4. The predicted octanol–water partition coefficient (Wildman–Crippen LogP) is 2.47. The van der Waals surface area contributed by atoms with Crippen LogP contribution in [0.15, 0.2) is 30.9 Å². The summed E-state index contributed by atoms with van der Waals surface area (Å²) in [7, 11) is 0. The van der Waals surface area contributed by atoms with Crippen molar-refractivity contribution in [2.75, 3.05) is 19.7 Å². The van der Waals surface area contributed by atoms with Crippen LogP contribution in [0.25, 0.3) is 16.8 Å². The summed E-state index contributed by atoms with van der Waals surface area (Å²) < 4.78 is 36.6. The number of aliphatic hydroxyl groups is 1. The summed E-state index contributed by atoms with van der Waals surface area (Å²) in [4.78, 5) is 7.55. The Morgan fingerprint density at radius 1 is 1.32 bits per heavy atom. The molecule has 178 valence electrons. The van der Waals surface area contributed by atoms with E-state index >= 15 is 0 Å². The minimum Gasteiger partial charge on any atom is -0.488 e. The monoisotopic (exact) mass is 490 g/mol. The van der Waals surface area contributed by atoms with Crippen LogP contribution in [-0.4, -0.2) is 65.6 Å². The van der Waals surface area contributed by atoms with Crippen LogP contribution in [0.2, 0.25) is 5.02 Å². The van der Waals surface area contributed by atoms with Crippen LogP contribution in [0.4, 0.5) is 8.78 Å². The van der Waals surface area contributed by atoms with E-state index < -0.39 is 24.1 Å². The number of aromatic nitrogens is 7. The number of rotatable bonds is 6. The zero-order valence-corrected chi connectivity index (χ0v) is 18.8. The number of piperidine rings is 1. The average molecular weight is 491 g/mol. The van der Waals surface area contributed by atoms with E-state index in [0.29, 0.717) is 46.2 Å². The van der Waals surface area contributed by atoms with E-state index in [1.807, 2.05) is 6.92 Å². The molecular weight excluding hydrogens is 470 g/mol. The van der Waals surface area contributed by atoms with Crippen LogP contribution >= 0.6 is 11.6 Å². The summed E-state index contributed by atoms with van der Waals surface area (Å²) in [5.74, 6) is -0.251. The van der Waals surface area contributed by atoms with E-state index in [0.717, 1.165) is 12.4 Å². The first-order chi connectivity index (χ1) is 16.4. The SMILES string of the molecule is Cc1c(-c2cc(OCC(O)c3ncc(F)cn3)c3c(Cl)cnn3c2)nnn1[C@@H]1CCNC[C@@H]1F. The Labute approximate surface area is 197 Å². The molecule has 0 aliphatic carbocycles. The molecule has 0 radical (unpaired) electrons. The number of ether oxygens (including phenoxy) is 1. The molecule has 10 nitrogen and oxygen atoms in total. The topological polar surface area (TPSA) is 115 Å². The Hall–Kier alpha value is -3.22. The van der Waals surface area contributed by atoms with Crippen molar-refractivity contribution < 1.29 is 18.6 Å². The molecule has 0 bridgehead atoms. The lowest BCUT2D eigenvalue weighted by Gasteiger charge is -2.27. The van der Waals surface area contributed by atoms with Crippen LogP contribution < -0.4 is 10.1 Å². The van der Waals surface area contributed by atoms with Gasteiger partial charge in [-0.1, -0.05) is 16.8 Å². The third-order valence-electron chi connectivity index (χ3n) is 5.76. The highest BCUT2D eigenvalue weighted by atomic mass is 35.5. The summed E-state index contributed by atoms with van der Waals surface area (Å²) >= 11 is 6.31. The summed E-state index contributed by atoms with van der Waals surface area (Å²) in [5.41, 5.74) is 2.37. The zero-order chi connectivity index (χ0) is 23.8. The number of hydrogen-bond acceptors (Lipinski definition) is 8. The second-order valence-corrected chi connectivity index (χ2v) is 8.42. The number of pyridine rings is 1. The molecule has 4 aromatic heterocycles. The number of halogens is 3. The third-order valence-corrected chi connectivity index (χ3v) is 6.03. The lowest BCUT2D eigenvalue weighted by molar-refractivity contribution is 0.101. The Bertz CT molecular complexity index is 1310. The lowest BCUT2D eigenvalue weighted by atomic mass is 10.0. The van der Waals surface area contributed by atoms with E-state index in [-0.39, 0.29) is 19.0 Å². The van der Waals surface area contributed by atoms with E-state index in [2.05, 4.69) is 30.7 Å². The highest BCUT2D eigenvalue weighted by molar-refractivity contribution is 6.34. The van der Waals surface area contributed by atoms with Gasteiger partial charge in [0.15, 0.2) is 11.6 Å². The van der Waals surface area contributed by atoms with Crippen molar-refractivity contribution >= 4 is 17.1 Å². The van der Waals surface area contributed by atoms with Gasteiger partial charge in [0, 0.05) is 18.3 Å². The van der Waals surface area contributed by atoms with Gasteiger partial charge < -0.3 is 15.2 Å². The van der Waals surface area contributed by atoms with Gasteiger partial charge in [-0.3, -0.25) is 0 Å². The number of nitrogens with zero attached hydrogens (tertiary/aromatic N) is 7. The molecule has 34 heavy (non-hydrogen) atoms. The molecule has 1 aliphatic rings. The van der Waals surface area contributed by atoms with Gasteiger partial charge in [-0.2, -0.15) is 5.10 Å². The Morgan fingerprint density at radius 3 is 2.88 bits per heavy atom. The maximum Gasteiger partial charge on any atom is 0.160 e. The molecule has 0 amide bonds. The highest BCUT2D eigenvalue weighted by Crippen LogP contribution is 2.34. The Balaban J connectivity index is 1.46. The lowest BCUT2D eigenvalue weighted by Crippen LogP contribution is -2.39. The van der Waals surface area contributed by atoms with E-state index in [4.69, 9.17) is 16.3 Å². The average Bonchev–Trinajstić information content (AvgIpc) is 3.40. The summed E-state index contributed by atoms with van der Waals surface area (Å²) in [6.07, 6.45) is 3.47. The quantitative estimate of drug-likeness (QED) is 0.423. The van der Waals surface area contributed by atoms with Gasteiger partial charge in [-0.15, -0.1) is 5.10 Å². The molecule has 4 aromatic rings. The number of alkyl halides is 1. The fraction of sp³-hybridized carbons (Fsp3) is 0.381. The molecule has 5 rings (SSSR count). The van der Waals surface area contributed by atoms with Crippen LogP contribution in [-0.2, 0) is 0 Å². The molecule has 0 saturated carbocycles. The number of nitrogens with one attached hydrogen (secondary N) is 1. The first-order valence-corrected chi connectivity index (χ1v) is 11.0. The van der Waals surface area contributed by atoms with Gasteiger partial charge in [0.05, 0.1) is 35.3 Å². The maximum atomic E-state index is 14.5. The largest absolute Gasteiger partial charge is 0.488 e. The molecule has 1 aliphatic heterocycles. The molecule has 1 fully saturated rings. The van der Waals surface area contributed by atoms with Gasteiger partial charge >= 0.3 is 0 Å². The second kappa shape index (κ2) is 9.20. The molecule has 0 spiro atoms. The molecule has 13 heteroatoms. The van der Waals surface area contributed by atoms with Crippen molar-refractivity contribution in [3.63, 3.8) is 0 Å². The smallest absolute Gasteiger partial charge is 0.160 e. The van der Waals surface area contributed by atoms with E-state index in [1.165, 1.54) is 10.7 Å². The van der Waals surface area contributed by atoms with Gasteiger partial charge in [-0.25, -0.2) is 27.9 Å². The van der Waals surface area contributed by atoms with Gasteiger partial charge in [0.25, 0.3) is 0 Å². The number of hydrogen-bond donors (Lipinski definition) is 2. The molecule has 5 heterocycles. The molecule has 0 aromatic carbocycles. The minimum atomic E-state index is -1.20. The molecule has 3 atom stereocenters. The number of fused-ring (bicyclic) bond motifs is 1. The minimum absolute atomic E-state index is 0.0229.